The molecule has 0 aliphatic carbocycles. The van der Waals surface area contributed by atoms with Gasteiger partial charge in [0.2, 0.25) is 10.0 Å². The second-order valence-electron chi connectivity index (χ2n) is 6.23. The average molecular weight is 422 g/mol. The molecule has 3 N–H and O–H groups in total. The van der Waals surface area contributed by atoms with Crippen molar-refractivity contribution < 1.29 is 22.7 Å². The lowest BCUT2D eigenvalue weighted by molar-refractivity contribution is 0.252. The minimum Gasteiger partial charge on any atom is -0.490 e. The van der Waals surface area contributed by atoms with Crippen molar-refractivity contribution in [2.45, 2.75) is 20.3 Å². The van der Waals surface area contributed by atoms with E-state index >= 15 is 0 Å². The smallest absolute Gasteiger partial charge is 0.319 e. The number of hydrogen-bond donors (Lipinski definition) is 3. The molecule has 0 saturated carbocycles. The molecule has 0 fully saturated rings. The van der Waals surface area contributed by atoms with E-state index in [1.165, 1.54) is 0 Å². The van der Waals surface area contributed by atoms with E-state index < -0.39 is 10.0 Å². The number of nitrogens with one attached hydrogen (secondary N) is 3. The van der Waals surface area contributed by atoms with Crippen LogP contribution >= 0.6 is 0 Å². The van der Waals surface area contributed by atoms with Crippen LogP contribution in [-0.2, 0) is 16.4 Å². The Hall–Kier alpha value is -2.94. The largest absolute Gasteiger partial charge is 0.490 e. The summed E-state index contributed by atoms with van der Waals surface area (Å²) in [6.07, 6.45) is 1.71. The molecule has 0 heterocycles. The van der Waals surface area contributed by atoms with Gasteiger partial charge in [-0.1, -0.05) is 6.07 Å². The number of rotatable bonds is 10. The zero-order chi connectivity index (χ0) is 21.3. The molecule has 29 heavy (non-hydrogen) atoms. The van der Waals surface area contributed by atoms with E-state index in [-0.39, 0.29) is 6.03 Å². The van der Waals surface area contributed by atoms with E-state index in [9.17, 15) is 13.2 Å². The molecule has 2 rings (SSSR count). The fourth-order valence-electron chi connectivity index (χ4n) is 2.58. The van der Waals surface area contributed by atoms with Gasteiger partial charge in [0.1, 0.15) is 0 Å². The number of carbonyl (C=O) groups is 1. The SMILES string of the molecule is CCOc1ccc(CCNC(=O)Nc2ccc(NS(C)(=O)=O)cc2)cc1OCC. The van der Waals surface area contributed by atoms with Crippen molar-refractivity contribution in [3.8, 4) is 11.5 Å². The maximum absolute atomic E-state index is 12.0. The molecule has 0 atom stereocenters. The van der Waals surface area contributed by atoms with Crippen LogP contribution in [0.1, 0.15) is 19.4 Å². The number of hydrogen-bond acceptors (Lipinski definition) is 5. The molecule has 158 valence electrons. The second-order valence-corrected chi connectivity index (χ2v) is 7.98. The van der Waals surface area contributed by atoms with Crippen LogP contribution in [0.3, 0.4) is 0 Å². The Balaban J connectivity index is 1.84. The molecule has 8 nitrogen and oxygen atoms in total. The number of urea groups is 1. The summed E-state index contributed by atoms with van der Waals surface area (Å²) in [5.41, 5.74) is 2.01. The van der Waals surface area contributed by atoms with Gasteiger partial charge in [-0.3, -0.25) is 4.72 Å². The van der Waals surface area contributed by atoms with Crippen LogP contribution in [0.25, 0.3) is 0 Å². The van der Waals surface area contributed by atoms with E-state index in [2.05, 4.69) is 15.4 Å². The van der Waals surface area contributed by atoms with E-state index in [4.69, 9.17) is 9.47 Å². The number of benzene rings is 2. The highest BCUT2D eigenvalue weighted by Crippen LogP contribution is 2.28. The van der Waals surface area contributed by atoms with Crippen molar-refractivity contribution in [3.63, 3.8) is 0 Å². The maximum Gasteiger partial charge on any atom is 0.319 e. The van der Waals surface area contributed by atoms with Gasteiger partial charge >= 0.3 is 6.03 Å². The van der Waals surface area contributed by atoms with Crippen LogP contribution in [0, 0.1) is 0 Å². The highest BCUT2D eigenvalue weighted by molar-refractivity contribution is 7.92. The van der Waals surface area contributed by atoms with E-state index in [1.807, 2.05) is 32.0 Å². The molecular weight excluding hydrogens is 394 g/mol. The van der Waals surface area contributed by atoms with Crippen molar-refractivity contribution in [3.05, 3.63) is 48.0 Å². The summed E-state index contributed by atoms with van der Waals surface area (Å²) >= 11 is 0. The van der Waals surface area contributed by atoms with Crippen LogP contribution < -0.4 is 24.8 Å². The lowest BCUT2D eigenvalue weighted by Gasteiger charge is -2.13. The molecule has 0 aliphatic rings. The number of ether oxygens (including phenoxy) is 2. The van der Waals surface area contributed by atoms with Gasteiger partial charge < -0.3 is 20.1 Å². The molecule has 0 radical (unpaired) electrons. The molecule has 2 aromatic carbocycles. The second kappa shape index (κ2) is 10.6. The summed E-state index contributed by atoms with van der Waals surface area (Å²) in [7, 11) is -3.33. The molecular formula is C20H27N3O5S. The van der Waals surface area contributed by atoms with Crippen LogP contribution in [0.15, 0.2) is 42.5 Å². The van der Waals surface area contributed by atoms with Crippen LogP contribution in [0.2, 0.25) is 0 Å². The van der Waals surface area contributed by atoms with Gasteiger partial charge in [-0.05, 0) is 62.2 Å². The third-order valence-electron chi connectivity index (χ3n) is 3.75. The fourth-order valence-corrected chi connectivity index (χ4v) is 3.15. The Morgan fingerprint density at radius 2 is 1.55 bits per heavy atom. The number of sulfonamides is 1. The number of carbonyl (C=O) groups excluding carboxylic acids is 1. The zero-order valence-electron chi connectivity index (χ0n) is 16.8. The summed E-state index contributed by atoms with van der Waals surface area (Å²) in [6, 6.07) is 11.8. The lowest BCUT2D eigenvalue weighted by atomic mass is 10.1. The number of amides is 2. The molecule has 9 heteroatoms. The van der Waals surface area contributed by atoms with Crippen molar-refractivity contribution >= 4 is 27.4 Å². The van der Waals surface area contributed by atoms with E-state index in [0.717, 1.165) is 11.8 Å². The Morgan fingerprint density at radius 3 is 2.17 bits per heavy atom. The maximum atomic E-state index is 12.0. The minimum absolute atomic E-state index is 0.343. The Kier molecular flexibility index (Phi) is 8.14. The van der Waals surface area contributed by atoms with E-state index in [1.54, 1.807) is 24.3 Å². The van der Waals surface area contributed by atoms with E-state index in [0.29, 0.717) is 49.1 Å². The van der Waals surface area contributed by atoms with Gasteiger partial charge in [0, 0.05) is 17.9 Å². The van der Waals surface area contributed by atoms with Crippen molar-refractivity contribution in [1.29, 1.82) is 0 Å². The Labute approximate surface area is 171 Å². The summed E-state index contributed by atoms with van der Waals surface area (Å²) in [6.45, 7) is 5.38. The Bertz CT molecular complexity index is 914. The van der Waals surface area contributed by atoms with Crippen LogP contribution in [0.4, 0.5) is 16.2 Å². The predicted molar refractivity (Wildman–Crippen MR) is 114 cm³/mol. The molecule has 0 spiro atoms. The van der Waals surface area contributed by atoms with Crippen LogP contribution in [-0.4, -0.2) is 40.5 Å². The standard InChI is InChI=1S/C20H27N3O5S/c1-4-27-18-11-6-15(14-19(18)28-5-2)12-13-21-20(24)22-16-7-9-17(10-8-16)23-29(3,25)26/h6-11,14,23H,4-5,12-13H2,1-3H3,(H2,21,22,24). The third-order valence-corrected chi connectivity index (χ3v) is 4.36. The molecule has 0 saturated heterocycles. The van der Waals surface area contributed by atoms with Gasteiger partial charge in [0.15, 0.2) is 11.5 Å². The normalized spacial score (nSPS) is 10.9. The summed E-state index contributed by atoms with van der Waals surface area (Å²) in [5, 5.41) is 5.49. The van der Waals surface area contributed by atoms with Gasteiger partial charge in [-0.15, -0.1) is 0 Å². The van der Waals surface area contributed by atoms with Gasteiger partial charge in [0.05, 0.1) is 19.5 Å². The van der Waals surface area contributed by atoms with Crippen molar-refractivity contribution in [1.82, 2.24) is 5.32 Å². The molecule has 2 amide bonds. The lowest BCUT2D eigenvalue weighted by Crippen LogP contribution is -2.30. The summed E-state index contributed by atoms with van der Waals surface area (Å²) in [4.78, 5) is 12.0. The van der Waals surface area contributed by atoms with Crippen LogP contribution in [0.5, 0.6) is 11.5 Å². The average Bonchev–Trinajstić information content (AvgIpc) is 2.64. The minimum atomic E-state index is -3.33. The predicted octanol–water partition coefficient (Wildman–Crippen LogP) is 3.22. The third kappa shape index (κ3) is 7.90. The van der Waals surface area contributed by atoms with Gasteiger partial charge in [-0.2, -0.15) is 0 Å². The molecule has 0 unspecified atom stereocenters. The van der Waals surface area contributed by atoms with Gasteiger partial charge in [-0.25, -0.2) is 13.2 Å². The highest BCUT2D eigenvalue weighted by atomic mass is 32.2. The van der Waals surface area contributed by atoms with Crippen molar-refractivity contribution in [2.24, 2.45) is 0 Å². The zero-order valence-corrected chi connectivity index (χ0v) is 17.6. The molecule has 0 aromatic heterocycles. The monoisotopic (exact) mass is 421 g/mol. The Morgan fingerprint density at radius 1 is 0.931 bits per heavy atom. The molecule has 0 bridgehead atoms. The summed E-state index contributed by atoms with van der Waals surface area (Å²) < 4.78 is 35.9. The van der Waals surface area contributed by atoms with Gasteiger partial charge in [0.25, 0.3) is 0 Å². The molecule has 2 aromatic rings. The van der Waals surface area contributed by atoms with Crippen molar-refractivity contribution in [2.75, 3.05) is 36.1 Å². The number of anilines is 2. The fraction of sp³-hybridized carbons (Fsp3) is 0.350. The quantitative estimate of drug-likeness (QED) is 0.546. The molecule has 0 aliphatic heterocycles. The topological polar surface area (TPSA) is 106 Å². The highest BCUT2D eigenvalue weighted by Gasteiger charge is 2.07. The first-order chi connectivity index (χ1) is 13.8. The first-order valence-electron chi connectivity index (χ1n) is 9.32. The first kappa shape index (κ1) is 22.4. The first-order valence-corrected chi connectivity index (χ1v) is 11.2. The summed E-state index contributed by atoms with van der Waals surface area (Å²) in [5.74, 6) is 1.40.